The van der Waals surface area contributed by atoms with Crippen molar-refractivity contribution in [3.63, 3.8) is 0 Å². The molecule has 4 rings (SSSR count). The summed E-state index contributed by atoms with van der Waals surface area (Å²) in [6.45, 7) is 0.827. The molecular weight excluding hydrogens is 262 g/mol. The number of carbonyl (C=O) groups is 1. The van der Waals surface area contributed by atoms with Gasteiger partial charge in [0, 0.05) is 41.1 Å². The Balaban J connectivity index is 1.66. The van der Waals surface area contributed by atoms with Crippen molar-refractivity contribution in [3.05, 3.63) is 60.0 Å². The van der Waals surface area contributed by atoms with Crippen molar-refractivity contribution in [2.24, 2.45) is 0 Å². The number of amides is 1. The Morgan fingerprint density at radius 2 is 2.10 bits per heavy atom. The van der Waals surface area contributed by atoms with E-state index in [0.29, 0.717) is 0 Å². The zero-order chi connectivity index (χ0) is 14.2. The molecule has 3 aromatic rings. The summed E-state index contributed by atoms with van der Waals surface area (Å²) in [7, 11) is 0. The molecule has 1 amide bonds. The maximum Gasteiger partial charge on any atom is 0.254 e. The van der Waals surface area contributed by atoms with Crippen LogP contribution in [-0.2, 0) is 0 Å². The van der Waals surface area contributed by atoms with Crippen molar-refractivity contribution in [3.8, 4) is 0 Å². The van der Waals surface area contributed by atoms with Gasteiger partial charge in [0.25, 0.3) is 5.91 Å². The monoisotopic (exact) mass is 279 g/mol. The first-order valence-corrected chi connectivity index (χ1v) is 7.34. The third-order valence-corrected chi connectivity index (χ3v) is 4.29. The number of hydrogen-bond donors (Lipinski definition) is 2. The second-order valence-corrected chi connectivity index (χ2v) is 5.56. The van der Waals surface area contributed by atoms with Crippen molar-refractivity contribution in [1.82, 2.24) is 14.9 Å². The van der Waals surface area contributed by atoms with Crippen LogP contribution in [0, 0.1) is 0 Å². The van der Waals surface area contributed by atoms with E-state index in [1.807, 2.05) is 47.6 Å². The average molecular weight is 279 g/mol. The van der Waals surface area contributed by atoms with Crippen molar-refractivity contribution >= 4 is 16.8 Å². The Hall–Kier alpha value is -2.49. The smallest absolute Gasteiger partial charge is 0.254 e. The maximum absolute atomic E-state index is 12.8. The standard InChI is InChI=1S/C17H17N3O/c21-17(13-5-6-14-12(11-13)7-9-19-14)20-10-2-4-16(20)15-3-1-8-18-15/h1,3,5-9,11,16,18-19H,2,4,10H2. The Kier molecular flexibility index (Phi) is 2.81. The van der Waals surface area contributed by atoms with E-state index < -0.39 is 0 Å². The van der Waals surface area contributed by atoms with E-state index in [1.54, 1.807) is 0 Å². The number of H-pyrrole nitrogens is 2. The van der Waals surface area contributed by atoms with Gasteiger partial charge in [0.1, 0.15) is 0 Å². The number of benzene rings is 1. The quantitative estimate of drug-likeness (QED) is 0.741. The molecule has 4 heteroatoms. The number of nitrogens with one attached hydrogen (secondary N) is 2. The number of rotatable bonds is 2. The van der Waals surface area contributed by atoms with Crippen LogP contribution >= 0.6 is 0 Å². The van der Waals surface area contributed by atoms with Gasteiger partial charge in [-0.3, -0.25) is 4.79 Å². The topological polar surface area (TPSA) is 51.9 Å². The summed E-state index contributed by atoms with van der Waals surface area (Å²) in [5.74, 6) is 0.121. The zero-order valence-electron chi connectivity index (χ0n) is 11.7. The molecule has 2 N–H and O–H groups in total. The molecule has 0 radical (unpaired) electrons. The summed E-state index contributed by atoms with van der Waals surface area (Å²) in [4.78, 5) is 21.2. The highest BCUT2D eigenvalue weighted by molar-refractivity contribution is 5.98. The predicted octanol–water partition coefficient (Wildman–Crippen LogP) is 3.47. The van der Waals surface area contributed by atoms with Crippen LogP contribution in [0.4, 0.5) is 0 Å². The molecule has 1 aromatic carbocycles. The van der Waals surface area contributed by atoms with E-state index in [9.17, 15) is 4.79 Å². The van der Waals surface area contributed by atoms with Crippen LogP contribution in [0.3, 0.4) is 0 Å². The Morgan fingerprint density at radius 3 is 2.95 bits per heavy atom. The predicted molar refractivity (Wildman–Crippen MR) is 82.1 cm³/mol. The molecule has 21 heavy (non-hydrogen) atoms. The minimum Gasteiger partial charge on any atom is -0.363 e. The molecule has 3 heterocycles. The summed E-state index contributed by atoms with van der Waals surface area (Å²) < 4.78 is 0. The first-order valence-electron chi connectivity index (χ1n) is 7.34. The van der Waals surface area contributed by atoms with E-state index >= 15 is 0 Å². The molecule has 0 spiro atoms. The third-order valence-electron chi connectivity index (χ3n) is 4.29. The van der Waals surface area contributed by atoms with Gasteiger partial charge >= 0.3 is 0 Å². The molecule has 1 atom stereocenters. The van der Waals surface area contributed by atoms with Gasteiger partial charge in [0.15, 0.2) is 0 Å². The van der Waals surface area contributed by atoms with Gasteiger partial charge in [-0.1, -0.05) is 0 Å². The third kappa shape index (κ3) is 2.03. The summed E-state index contributed by atoms with van der Waals surface area (Å²) >= 11 is 0. The molecule has 1 fully saturated rings. The molecule has 1 aliphatic heterocycles. The first kappa shape index (κ1) is 12.3. The van der Waals surface area contributed by atoms with Crippen LogP contribution in [0.25, 0.3) is 10.9 Å². The molecule has 0 saturated carbocycles. The summed E-state index contributed by atoms with van der Waals surface area (Å²) in [6, 6.07) is 12.1. The lowest BCUT2D eigenvalue weighted by Crippen LogP contribution is -2.30. The van der Waals surface area contributed by atoms with Crippen molar-refractivity contribution < 1.29 is 4.79 Å². The second kappa shape index (κ2) is 4.81. The Morgan fingerprint density at radius 1 is 1.14 bits per heavy atom. The van der Waals surface area contributed by atoms with E-state index in [1.165, 1.54) is 0 Å². The minimum absolute atomic E-state index is 0.121. The average Bonchev–Trinajstić information content (AvgIpc) is 3.24. The fraction of sp³-hybridized carbons (Fsp3) is 0.235. The molecule has 1 unspecified atom stereocenters. The lowest BCUT2D eigenvalue weighted by Gasteiger charge is -2.24. The summed E-state index contributed by atoms with van der Waals surface area (Å²) in [5.41, 5.74) is 2.96. The van der Waals surface area contributed by atoms with Crippen molar-refractivity contribution in [2.75, 3.05) is 6.54 Å². The van der Waals surface area contributed by atoms with Gasteiger partial charge in [0.05, 0.1) is 6.04 Å². The number of nitrogens with zero attached hydrogens (tertiary/aromatic N) is 1. The molecule has 1 aliphatic rings. The van der Waals surface area contributed by atoms with Crippen LogP contribution < -0.4 is 0 Å². The lowest BCUT2D eigenvalue weighted by atomic mass is 10.1. The fourth-order valence-electron chi connectivity index (χ4n) is 3.24. The number of fused-ring (bicyclic) bond motifs is 1. The van der Waals surface area contributed by atoms with Crippen molar-refractivity contribution in [1.29, 1.82) is 0 Å². The van der Waals surface area contributed by atoms with E-state index in [-0.39, 0.29) is 11.9 Å². The molecule has 0 bridgehead atoms. The largest absolute Gasteiger partial charge is 0.363 e. The van der Waals surface area contributed by atoms with E-state index in [4.69, 9.17) is 0 Å². The molecule has 1 saturated heterocycles. The molecule has 4 nitrogen and oxygen atoms in total. The maximum atomic E-state index is 12.8. The van der Waals surface area contributed by atoms with Crippen LogP contribution in [0.15, 0.2) is 48.8 Å². The molecule has 0 aliphatic carbocycles. The Labute approximate surface area is 122 Å². The fourth-order valence-corrected chi connectivity index (χ4v) is 3.24. The highest BCUT2D eigenvalue weighted by atomic mass is 16.2. The van der Waals surface area contributed by atoms with Gasteiger partial charge in [0.2, 0.25) is 0 Å². The number of likely N-dealkylation sites (tertiary alicyclic amines) is 1. The van der Waals surface area contributed by atoms with Gasteiger partial charge in [-0.05, 0) is 49.2 Å². The minimum atomic E-state index is 0.121. The highest BCUT2D eigenvalue weighted by Gasteiger charge is 2.31. The highest BCUT2D eigenvalue weighted by Crippen LogP contribution is 2.32. The van der Waals surface area contributed by atoms with E-state index in [0.717, 1.165) is 41.5 Å². The molecule has 106 valence electrons. The number of carbonyl (C=O) groups excluding carboxylic acids is 1. The molecule has 2 aromatic heterocycles. The molecular formula is C17H17N3O. The van der Waals surface area contributed by atoms with Crippen LogP contribution in [0.2, 0.25) is 0 Å². The Bertz CT molecular complexity index is 772. The first-order chi connectivity index (χ1) is 10.3. The van der Waals surface area contributed by atoms with Crippen LogP contribution in [-0.4, -0.2) is 27.3 Å². The zero-order valence-corrected chi connectivity index (χ0v) is 11.7. The summed E-state index contributed by atoms with van der Waals surface area (Å²) in [5, 5.41) is 1.08. The van der Waals surface area contributed by atoms with Gasteiger partial charge in [-0.25, -0.2) is 0 Å². The van der Waals surface area contributed by atoms with Gasteiger partial charge < -0.3 is 14.9 Å². The lowest BCUT2D eigenvalue weighted by molar-refractivity contribution is 0.0733. The SMILES string of the molecule is O=C(c1ccc2[nH]ccc2c1)N1CCCC1c1ccc[nH]1. The van der Waals surface area contributed by atoms with E-state index in [2.05, 4.69) is 16.0 Å². The van der Waals surface area contributed by atoms with Crippen LogP contribution in [0.1, 0.15) is 34.9 Å². The summed E-state index contributed by atoms with van der Waals surface area (Å²) in [6.07, 6.45) is 5.90. The van der Waals surface area contributed by atoms with Gasteiger partial charge in [-0.15, -0.1) is 0 Å². The van der Waals surface area contributed by atoms with Crippen molar-refractivity contribution in [2.45, 2.75) is 18.9 Å². The second-order valence-electron chi connectivity index (χ2n) is 5.56. The van der Waals surface area contributed by atoms with Crippen LogP contribution in [0.5, 0.6) is 0 Å². The number of hydrogen-bond acceptors (Lipinski definition) is 1. The number of aromatic amines is 2. The van der Waals surface area contributed by atoms with Gasteiger partial charge in [-0.2, -0.15) is 0 Å². The number of aromatic nitrogens is 2. The normalized spacial score (nSPS) is 18.5.